The van der Waals surface area contributed by atoms with Crippen LogP contribution in [-0.4, -0.2) is 43.6 Å². The summed E-state index contributed by atoms with van der Waals surface area (Å²) in [6.07, 6.45) is 4.58. The number of imidazole rings is 1. The van der Waals surface area contributed by atoms with Gasteiger partial charge in [-0.2, -0.15) is 0 Å². The molecule has 1 aliphatic carbocycles. The highest BCUT2D eigenvalue weighted by atomic mass is 19.2. The van der Waals surface area contributed by atoms with E-state index in [0.717, 1.165) is 30.7 Å². The molecule has 0 unspecified atom stereocenters. The Morgan fingerprint density at radius 2 is 1.86 bits per heavy atom. The summed E-state index contributed by atoms with van der Waals surface area (Å²) in [7, 11) is 0. The van der Waals surface area contributed by atoms with E-state index in [1.54, 1.807) is 52.3 Å². The zero-order valence-corrected chi connectivity index (χ0v) is 18.9. The van der Waals surface area contributed by atoms with Crippen molar-refractivity contribution in [3.63, 3.8) is 0 Å². The van der Waals surface area contributed by atoms with Gasteiger partial charge in [-0.1, -0.05) is 12.1 Å². The summed E-state index contributed by atoms with van der Waals surface area (Å²) >= 11 is 0. The minimum Gasteiger partial charge on any atom is -0.488 e. The first kappa shape index (κ1) is 21.5. The molecule has 178 valence electrons. The first-order valence-electron chi connectivity index (χ1n) is 11.5. The Morgan fingerprint density at radius 1 is 1.03 bits per heavy atom. The summed E-state index contributed by atoms with van der Waals surface area (Å²) < 4.78 is 36.9. The molecular formula is C26H22F2N4O3. The van der Waals surface area contributed by atoms with Gasteiger partial charge in [-0.15, -0.1) is 0 Å². The lowest BCUT2D eigenvalue weighted by Crippen LogP contribution is -2.58. The van der Waals surface area contributed by atoms with Crippen LogP contribution in [0.5, 0.6) is 5.75 Å². The van der Waals surface area contributed by atoms with Gasteiger partial charge in [-0.25, -0.2) is 13.8 Å². The predicted molar refractivity (Wildman–Crippen MR) is 125 cm³/mol. The highest BCUT2D eigenvalue weighted by Gasteiger charge is 2.42. The number of halogens is 2. The number of aryl methyl sites for hydroxylation is 1. The van der Waals surface area contributed by atoms with Gasteiger partial charge in [0.2, 0.25) is 0 Å². The molecule has 35 heavy (non-hydrogen) atoms. The van der Waals surface area contributed by atoms with Crippen LogP contribution in [0.4, 0.5) is 8.78 Å². The molecule has 7 nitrogen and oxygen atoms in total. The fourth-order valence-corrected chi connectivity index (χ4v) is 4.95. The third-order valence-corrected chi connectivity index (χ3v) is 6.92. The van der Waals surface area contributed by atoms with Crippen LogP contribution in [0.15, 0.2) is 59.8 Å². The first-order valence-corrected chi connectivity index (χ1v) is 11.5. The first-order chi connectivity index (χ1) is 16.9. The van der Waals surface area contributed by atoms with Crippen LogP contribution in [-0.2, 0) is 6.54 Å². The van der Waals surface area contributed by atoms with Crippen LogP contribution in [0.1, 0.15) is 29.0 Å². The van der Waals surface area contributed by atoms with E-state index in [4.69, 9.17) is 4.74 Å². The maximum absolute atomic E-state index is 13.9. The summed E-state index contributed by atoms with van der Waals surface area (Å²) in [5.74, 6) is -1.60. The Kier molecular flexibility index (Phi) is 4.94. The van der Waals surface area contributed by atoms with Crippen molar-refractivity contribution in [1.82, 2.24) is 19.0 Å². The monoisotopic (exact) mass is 476 g/mol. The van der Waals surface area contributed by atoms with Crippen molar-refractivity contribution in [3.8, 4) is 11.4 Å². The number of aromatic nitrogens is 3. The number of hydrogen-bond acceptors (Lipinski definition) is 4. The minimum atomic E-state index is -0.933. The van der Waals surface area contributed by atoms with Gasteiger partial charge in [0.05, 0.1) is 18.1 Å². The third-order valence-electron chi connectivity index (χ3n) is 6.92. The van der Waals surface area contributed by atoms with Crippen LogP contribution < -0.4 is 10.3 Å². The van der Waals surface area contributed by atoms with Gasteiger partial charge in [0.25, 0.3) is 11.5 Å². The maximum atomic E-state index is 13.9. The van der Waals surface area contributed by atoms with Crippen molar-refractivity contribution >= 4 is 16.7 Å². The summed E-state index contributed by atoms with van der Waals surface area (Å²) in [6.45, 7) is 2.61. The zero-order chi connectivity index (χ0) is 24.3. The van der Waals surface area contributed by atoms with Crippen molar-refractivity contribution in [2.45, 2.75) is 38.5 Å². The van der Waals surface area contributed by atoms with Gasteiger partial charge >= 0.3 is 0 Å². The number of hydrogen-bond donors (Lipinski definition) is 0. The molecule has 3 heterocycles. The van der Waals surface area contributed by atoms with Crippen LogP contribution in [0.2, 0.25) is 0 Å². The molecule has 4 aromatic rings. The van der Waals surface area contributed by atoms with E-state index in [-0.39, 0.29) is 23.6 Å². The van der Waals surface area contributed by atoms with E-state index in [2.05, 4.69) is 4.98 Å². The molecule has 1 aliphatic heterocycles. The van der Waals surface area contributed by atoms with E-state index >= 15 is 0 Å². The second-order valence-corrected chi connectivity index (χ2v) is 9.03. The van der Waals surface area contributed by atoms with Crippen LogP contribution in [0.3, 0.4) is 0 Å². The quantitative estimate of drug-likeness (QED) is 0.449. The van der Waals surface area contributed by atoms with Crippen LogP contribution in [0.25, 0.3) is 16.5 Å². The van der Waals surface area contributed by atoms with Crippen LogP contribution in [0, 0.1) is 18.6 Å². The van der Waals surface area contributed by atoms with Gasteiger partial charge in [0.1, 0.15) is 23.2 Å². The van der Waals surface area contributed by atoms with Crippen molar-refractivity contribution in [2.75, 3.05) is 6.54 Å². The van der Waals surface area contributed by atoms with E-state index in [9.17, 15) is 18.4 Å². The number of pyridine rings is 1. The lowest BCUT2D eigenvalue weighted by atomic mass is 9.86. The summed E-state index contributed by atoms with van der Waals surface area (Å²) in [6, 6.07) is 10.6. The molecule has 9 heteroatoms. The minimum absolute atomic E-state index is 0.164. The van der Waals surface area contributed by atoms with Gasteiger partial charge in [-0.05, 0) is 55.5 Å². The fourth-order valence-electron chi connectivity index (χ4n) is 4.95. The molecule has 0 spiro atoms. The highest BCUT2D eigenvalue weighted by Crippen LogP contribution is 2.35. The van der Waals surface area contributed by atoms with Crippen LogP contribution >= 0.6 is 0 Å². The van der Waals surface area contributed by atoms with E-state index < -0.39 is 11.6 Å². The van der Waals surface area contributed by atoms with Gasteiger partial charge in [0.15, 0.2) is 11.6 Å². The van der Waals surface area contributed by atoms with Crippen molar-refractivity contribution in [3.05, 3.63) is 88.4 Å². The van der Waals surface area contributed by atoms with Gasteiger partial charge in [0, 0.05) is 24.7 Å². The summed E-state index contributed by atoms with van der Waals surface area (Å²) in [4.78, 5) is 32.4. The van der Waals surface area contributed by atoms with E-state index in [1.807, 2.05) is 6.92 Å². The number of carbonyl (C=O) groups is 1. The second-order valence-electron chi connectivity index (χ2n) is 9.03. The topological polar surface area (TPSA) is 69.4 Å². The van der Waals surface area contributed by atoms with Crippen molar-refractivity contribution in [1.29, 1.82) is 0 Å². The molecule has 0 saturated heterocycles. The molecule has 0 bridgehead atoms. The lowest BCUT2D eigenvalue weighted by molar-refractivity contribution is -0.00484. The molecular weight excluding hydrogens is 454 g/mol. The standard InChI is InChI=1S/C26H22F2N4O3/c1-15-13-30(14-29-15)21-5-6-22-26(34)31(9-10-32(22)25(21)33)20-7-8-24(20)35-23-4-2-3-16-11-18(27)19(28)12-17(16)23/h2-6,11-14,20,24H,7-10H2,1H3/t20-,24-/m0/s1. The number of benzene rings is 2. The molecule has 2 aromatic carbocycles. The van der Waals surface area contributed by atoms with Gasteiger partial charge < -0.3 is 18.8 Å². The van der Waals surface area contributed by atoms with Crippen molar-refractivity contribution < 1.29 is 18.3 Å². The fraction of sp³-hybridized carbons (Fsp3) is 0.269. The van der Waals surface area contributed by atoms with Crippen molar-refractivity contribution in [2.24, 2.45) is 0 Å². The maximum Gasteiger partial charge on any atom is 0.275 e. The second kappa shape index (κ2) is 8.04. The largest absolute Gasteiger partial charge is 0.488 e. The summed E-state index contributed by atoms with van der Waals surface area (Å²) in [5.41, 5.74) is 1.35. The lowest BCUT2D eigenvalue weighted by Gasteiger charge is -2.45. The Morgan fingerprint density at radius 3 is 2.60 bits per heavy atom. The zero-order valence-electron chi connectivity index (χ0n) is 18.9. The normalized spacial score (nSPS) is 19.5. The average Bonchev–Trinajstić information content (AvgIpc) is 3.25. The summed E-state index contributed by atoms with van der Waals surface area (Å²) in [5, 5.41) is 1.03. The smallest absolute Gasteiger partial charge is 0.275 e. The Hall–Kier alpha value is -4.01. The Balaban J connectivity index is 1.25. The number of ether oxygens (including phenoxy) is 1. The molecule has 0 radical (unpaired) electrons. The number of nitrogens with zero attached hydrogens (tertiary/aromatic N) is 4. The third kappa shape index (κ3) is 3.50. The molecule has 2 aromatic heterocycles. The number of carbonyl (C=O) groups excluding carboxylic acids is 1. The molecule has 2 aliphatic rings. The number of fused-ring (bicyclic) bond motifs is 2. The van der Waals surface area contributed by atoms with E-state index in [0.29, 0.717) is 41.0 Å². The highest BCUT2D eigenvalue weighted by molar-refractivity contribution is 5.94. The predicted octanol–water partition coefficient (Wildman–Crippen LogP) is 3.84. The Bertz CT molecular complexity index is 1540. The number of rotatable bonds is 4. The van der Waals surface area contributed by atoms with Gasteiger partial charge in [-0.3, -0.25) is 9.59 Å². The number of amides is 1. The molecule has 0 N–H and O–H groups in total. The molecule has 1 fully saturated rings. The molecule has 2 atom stereocenters. The molecule has 1 saturated carbocycles. The molecule has 1 amide bonds. The molecule has 6 rings (SSSR count). The van der Waals surface area contributed by atoms with E-state index in [1.165, 1.54) is 4.57 Å². The SMILES string of the molecule is Cc1cn(-c2ccc3n(c2=O)CCN([C@H]2CC[C@@H]2Oc2cccc4cc(F)c(F)cc24)C3=O)cn1. The Labute approximate surface area is 199 Å². The average molecular weight is 476 g/mol.